The van der Waals surface area contributed by atoms with Gasteiger partial charge in [0.15, 0.2) is 0 Å². The smallest absolute Gasteiger partial charge is 0.148 e. The fraction of sp³-hybridized carbons (Fsp3) is 0.600. The fourth-order valence-corrected chi connectivity index (χ4v) is 3.12. The number of aliphatic hydroxyl groups excluding tert-OH is 1. The summed E-state index contributed by atoms with van der Waals surface area (Å²) in [5, 5.41) is 9.60. The number of piperidine rings is 1. The van der Waals surface area contributed by atoms with E-state index in [9.17, 15) is 9.50 Å². The number of hydrogen-bond acceptors (Lipinski definition) is 3. The molecule has 3 rings (SSSR count). The molecule has 4 heteroatoms. The number of para-hydroxylation sites is 1. The molecule has 0 amide bonds. The molecule has 0 aliphatic carbocycles. The van der Waals surface area contributed by atoms with Crippen LogP contribution in [0.2, 0.25) is 0 Å². The SMILES string of the molecule is OC1CCN(c2cccc(F)c2N2CCCC2)CC1. The first-order valence-electron chi connectivity index (χ1n) is 7.22. The summed E-state index contributed by atoms with van der Waals surface area (Å²) in [5.41, 5.74) is 1.75. The predicted molar refractivity (Wildman–Crippen MR) is 75.3 cm³/mol. The second-order valence-electron chi connectivity index (χ2n) is 5.52. The highest BCUT2D eigenvalue weighted by atomic mass is 19.1. The van der Waals surface area contributed by atoms with Gasteiger partial charge in [0, 0.05) is 26.2 Å². The van der Waals surface area contributed by atoms with Crippen LogP contribution in [0, 0.1) is 5.82 Å². The highest BCUT2D eigenvalue weighted by molar-refractivity contribution is 5.72. The van der Waals surface area contributed by atoms with Crippen LogP contribution in [-0.2, 0) is 0 Å². The maximum Gasteiger partial charge on any atom is 0.148 e. The number of benzene rings is 1. The minimum absolute atomic E-state index is 0.120. The van der Waals surface area contributed by atoms with Crippen molar-refractivity contribution < 1.29 is 9.50 Å². The summed E-state index contributed by atoms with van der Waals surface area (Å²) in [6, 6.07) is 5.35. The van der Waals surface area contributed by atoms with Crippen LogP contribution in [0.25, 0.3) is 0 Å². The van der Waals surface area contributed by atoms with Crippen LogP contribution in [0.1, 0.15) is 25.7 Å². The van der Waals surface area contributed by atoms with Crippen LogP contribution in [0.4, 0.5) is 15.8 Å². The number of halogens is 1. The predicted octanol–water partition coefficient (Wildman–Crippen LogP) is 2.39. The van der Waals surface area contributed by atoms with Gasteiger partial charge in [0.1, 0.15) is 5.82 Å². The molecule has 0 saturated carbocycles. The molecule has 0 radical (unpaired) electrons. The largest absolute Gasteiger partial charge is 0.393 e. The van der Waals surface area contributed by atoms with E-state index in [2.05, 4.69) is 9.80 Å². The van der Waals surface area contributed by atoms with Crippen LogP contribution >= 0.6 is 0 Å². The van der Waals surface area contributed by atoms with E-state index in [1.54, 1.807) is 12.1 Å². The zero-order valence-corrected chi connectivity index (χ0v) is 11.2. The summed E-state index contributed by atoms with van der Waals surface area (Å²) in [6.45, 7) is 3.52. The van der Waals surface area contributed by atoms with Crippen LogP contribution in [0.3, 0.4) is 0 Å². The topological polar surface area (TPSA) is 26.7 Å². The van der Waals surface area contributed by atoms with Gasteiger partial charge < -0.3 is 14.9 Å². The molecule has 0 spiro atoms. The first kappa shape index (κ1) is 12.7. The maximum atomic E-state index is 14.2. The Morgan fingerprint density at radius 1 is 1.00 bits per heavy atom. The van der Waals surface area contributed by atoms with E-state index in [0.717, 1.165) is 63.2 Å². The Morgan fingerprint density at radius 2 is 1.68 bits per heavy atom. The average Bonchev–Trinajstić information content (AvgIpc) is 2.93. The molecule has 1 N–H and O–H groups in total. The highest BCUT2D eigenvalue weighted by Gasteiger charge is 2.25. The van der Waals surface area contributed by atoms with E-state index < -0.39 is 0 Å². The van der Waals surface area contributed by atoms with Crippen LogP contribution in [0.5, 0.6) is 0 Å². The summed E-state index contributed by atoms with van der Waals surface area (Å²) >= 11 is 0. The molecule has 3 nitrogen and oxygen atoms in total. The molecule has 2 aliphatic rings. The van der Waals surface area contributed by atoms with Gasteiger partial charge in [-0.25, -0.2) is 4.39 Å². The molecule has 0 unspecified atom stereocenters. The zero-order chi connectivity index (χ0) is 13.2. The second-order valence-corrected chi connectivity index (χ2v) is 5.52. The molecule has 2 aliphatic heterocycles. The van der Waals surface area contributed by atoms with Crippen molar-refractivity contribution in [3.8, 4) is 0 Å². The van der Waals surface area contributed by atoms with Crippen molar-refractivity contribution >= 4 is 11.4 Å². The van der Waals surface area contributed by atoms with Crippen molar-refractivity contribution in [2.45, 2.75) is 31.8 Å². The molecule has 2 fully saturated rings. The van der Waals surface area contributed by atoms with Crippen LogP contribution in [0.15, 0.2) is 18.2 Å². The lowest BCUT2D eigenvalue weighted by Crippen LogP contribution is -2.37. The Morgan fingerprint density at radius 3 is 2.37 bits per heavy atom. The fourth-order valence-electron chi connectivity index (χ4n) is 3.12. The molecule has 1 aromatic rings. The van der Waals surface area contributed by atoms with Gasteiger partial charge in [0.2, 0.25) is 0 Å². The molecule has 0 atom stereocenters. The first-order chi connectivity index (χ1) is 9.25. The second kappa shape index (κ2) is 5.37. The number of nitrogens with zero attached hydrogens (tertiary/aromatic N) is 2. The van der Waals surface area contributed by atoms with E-state index in [1.807, 2.05) is 6.07 Å². The van der Waals surface area contributed by atoms with Gasteiger partial charge >= 0.3 is 0 Å². The molecule has 104 valence electrons. The van der Waals surface area contributed by atoms with Crippen molar-refractivity contribution in [1.29, 1.82) is 0 Å². The van der Waals surface area contributed by atoms with Gasteiger partial charge in [-0.15, -0.1) is 0 Å². The quantitative estimate of drug-likeness (QED) is 0.888. The van der Waals surface area contributed by atoms with Gasteiger partial charge in [0.05, 0.1) is 17.5 Å². The van der Waals surface area contributed by atoms with Gasteiger partial charge in [-0.1, -0.05) is 6.07 Å². The number of anilines is 2. The molecular weight excluding hydrogens is 243 g/mol. The van der Waals surface area contributed by atoms with Crippen molar-refractivity contribution in [3.05, 3.63) is 24.0 Å². The Labute approximate surface area is 113 Å². The first-order valence-corrected chi connectivity index (χ1v) is 7.22. The monoisotopic (exact) mass is 264 g/mol. The van der Waals surface area contributed by atoms with Gasteiger partial charge in [-0.05, 0) is 37.8 Å². The normalized spacial score (nSPS) is 21.2. The Balaban J connectivity index is 1.89. The molecule has 2 heterocycles. The third-order valence-corrected chi connectivity index (χ3v) is 4.19. The molecule has 0 bridgehead atoms. The molecule has 2 saturated heterocycles. The summed E-state index contributed by atoms with van der Waals surface area (Å²) in [6.07, 6.45) is 3.64. The number of hydrogen-bond donors (Lipinski definition) is 1. The van der Waals surface area contributed by atoms with Crippen LogP contribution in [-0.4, -0.2) is 37.4 Å². The Bertz CT molecular complexity index is 438. The van der Waals surface area contributed by atoms with Crippen molar-refractivity contribution in [3.63, 3.8) is 0 Å². The van der Waals surface area contributed by atoms with E-state index in [-0.39, 0.29) is 11.9 Å². The third-order valence-electron chi connectivity index (χ3n) is 4.19. The van der Waals surface area contributed by atoms with E-state index >= 15 is 0 Å². The minimum Gasteiger partial charge on any atom is -0.393 e. The minimum atomic E-state index is -0.194. The third kappa shape index (κ3) is 2.54. The number of rotatable bonds is 2. The maximum absolute atomic E-state index is 14.2. The highest BCUT2D eigenvalue weighted by Crippen LogP contribution is 2.35. The van der Waals surface area contributed by atoms with Crippen molar-refractivity contribution in [1.82, 2.24) is 0 Å². The zero-order valence-electron chi connectivity index (χ0n) is 11.2. The van der Waals surface area contributed by atoms with E-state index in [4.69, 9.17) is 0 Å². The summed E-state index contributed by atoms with van der Waals surface area (Å²) in [7, 11) is 0. The number of aliphatic hydroxyl groups is 1. The lowest BCUT2D eigenvalue weighted by Gasteiger charge is -2.34. The van der Waals surface area contributed by atoms with E-state index in [0.29, 0.717) is 0 Å². The lowest BCUT2D eigenvalue weighted by molar-refractivity contribution is 0.145. The average molecular weight is 264 g/mol. The van der Waals surface area contributed by atoms with Crippen LogP contribution < -0.4 is 9.80 Å². The Hall–Kier alpha value is -1.29. The standard InChI is InChI=1S/C15H21FN2O/c16-13-4-3-5-14(15(13)18-8-1-2-9-18)17-10-6-12(19)7-11-17/h3-5,12,19H,1-2,6-11H2. The summed E-state index contributed by atoms with van der Waals surface area (Å²) in [5.74, 6) is -0.120. The van der Waals surface area contributed by atoms with Crippen molar-refractivity contribution in [2.24, 2.45) is 0 Å². The molecule has 1 aromatic carbocycles. The van der Waals surface area contributed by atoms with Gasteiger partial charge in [-0.3, -0.25) is 0 Å². The van der Waals surface area contributed by atoms with Gasteiger partial charge in [0.25, 0.3) is 0 Å². The lowest BCUT2D eigenvalue weighted by atomic mass is 10.1. The molecule has 19 heavy (non-hydrogen) atoms. The summed E-state index contributed by atoms with van der Waals surface area (Å²) < 4.78 is 14.2. The molecular formula is C15H21FN2O. The summed E-state index contributed by atoms with van der Waals surface area (Å²) in [4.78, 5) is 4.37. The van der Waals surface area contributed by atoms with Gasteiger partial charge in [-0.2, -0.15) is 0 Å². The van der Waals surface area contributed by atoms with E-state index in [1.165, 1.54) is 0 Å². The molecule has 0 aromatic heterocycles. The Kier molecular flexibility index (Phi) is 3.60. The van der Waals surface area contributed by atoms with Crippen molar-refractivity contribution in [2.75, 3.05) is 36.0 Å².